The first kappa shape index (κ1) is 24.8. The Labute approximate surface area is 229 Å². The lowest BCUT2D eigenvalue weighted by Gasteiger charge is -2.32. The third-order valence-corrected chi connectivity index (χ3v) is 8.29. The third-order valence-electron chi connectivity index (χ3n) is 6.45. The third kappa shape index (κ3) is 6.12. The first-order valence-electron chi connectivity index (χ1n) is 12.7. The molecule has 1 amide bonds. The van der Waals surface area contributed by atoms with Crippen molar-refractivity contribution in [2.45, 2.75) is 22.9 Å². The van der Waals surface area contributed by atoms with E-state index >= 15 is 0 Å². The Balaban J connectivity index is 1.22. The monoisotopic (exact) mass is 544 g/mol. The lowest BCUT2D eigenvalue weighted by Crippen LogP contribution is -2.45. The van der Waals surface area contributed by atoms with Gasteiger partial charge in [-0.15, -0.1) is 0 Å². The Kier molecular flexibility index (Phi) is 7.21. The highest BCUT2D eigenvalue weighted by molar-refractivity contribution is 7.99. The van der Waals surface area contributed by atoms with Crippen LogP contribution in [0.2, 0.25) is 0 Å². The fourth-order valence-corrected chi connectivity index (χ4v) is 5.62. The molecule has 38 heavy (non-hydrogen) atoms. The number of hydrogen-bond donors (Lipinski definition) is 2. The Hall–Kier alpha value is -3.54. The molecule has 2 aromatic carbocycles. The van der Waals surface area contributed by atoms with Gasteiger partial charge < -0.3 is 15.1 Å². The summed E-state index contributed by atoms with van der Waals surface area (Å²) in [6, 6.07) is 18.0. The molecule has 1 aliphatic carbocycles. The van der Waals surface area contributed by atoms with E-state index in [0.29, 0.717) is 17.1 Å². The van der Waals surface area contributed by atoms with Crippen LogP contribution in [-0.4, -0.2) is 64.0 Å². The summed E-state index contributed by atoms with van der Waals surface area (Å²) in [5.41, 5.74) is 1.93. The van der Waals surface area contributed by atoms with Crippen molar-refractivity contribution in [2.75, 3.05) is 48.8 Å². The van der Waals surface area contributed by atoms with E-state index in [-0.39, 0.29) is 11.8 Å². The van der Waals surface area contributed by atoms with Gasteiger partial charge in [-0.1, -0.05) is 41.7 Å². The predicted molar refractivity (Wildman–Crippen MR) is 152 cm³/mol. The average molecular weight is 545 g/mol. The van der Waals surface area contributed by atoms with E-state index in [1.807, 2.05) is 48.7 Å². The van der Waals surface area contributed by atoms with Crippen LogP contribution in [0.25, 0.3) is 10.4 Å². The summed E-state index contributed by atoms with van der Waals surface area (Å²) in [5, 5.41) is 7.62. The van der Waals surface area contributed by atoms with E-state index in [9.17, 15) is 4.79 Å². The van der Waals surface area contributed by atoms with Crippen LogP contribution in [0, 0.1) is 5.92 Å². The topological polar surface area (TPSA) is 99.2 Å². The van der Waals surface area contributed by atoms with Crippen LogP contribution in [0.1, 0.15) is 12.8 Å². The van der Waals surface area contributed by atoms with Gasteiger partial charge in [0.2, 0.25) is 17.8 Å². The van der Waals surface area contributed by atoms with E-state index in [1.54, 1.807) is 11.3 Å². The smallest absolute Gasteiger partial charge is 0.234 e. The van der Waals surface area contributed by atoms with Gasteiger partial charge in [-0.05, 0) is 61.5 Å². The van der Waals surface area contributed by atoms with Crippen LogP contribution in [-0.2, 0) is 4.79 Å². The summed E-state index contributed by atoms with van der Waals surface area (Å²) >= 11 is 3.03. The highest BCUT2D eigenvalue weighted by atomic mass is 32.2. The average Bonchev–Trinajstić information content (AvgIpc) is 3.69. The molecule has 1 saturated carbocycles. The molecule has 0 atom stereocenters. The summed E-state index contributed by atoms with van der Waals surface area (Å²) in [4.78, 5) is 37.4. The van der Waals surface area contributed by atoms with Crippen LogP contribution in [0.4, 0.5) is 22.7 Å². The van der Waals surface area contributed by atoms with E-state index in [4.69, 9.17) is 15.0 Å². The Morgan fingerprint density at radius 3 is 2.47 bits per heavy atom. The predicted octanol–water partition coefficient (Wildman–Crippen LogP) is 4.99. The highest BCUT2D eigenvalue weighted by Crippen LogP contribution is 2.33. The molecule has 4 aromatic rings. The van der Waals surface area contributed by atoms with Crippen molar-refractivity contribution in [3.63, 3.8) is 0 Å². The first-order chi connectivity index (χ1) is 18.6. The molecule has 3 heterocycles. The molecular weight excluding hydrogens is 516 g/mol. The fraction of sp³-hybridized carbons (Fsp3) is 0.296. The quantitative estimate of drug-likeness (QED) is 0.318. The number of nitrogens with zero attached hydrogens (tertiary/aromatic N) is 6. The second kappa shape index (κ2) is 11.1. The molecule has 2 N–H and O–H groups in total. The number of carbonyl (C=O) groups is 1. The van der Waals surface area contributed by atoms with Gasteiger partial charge in [0, 0.05) is 48.9 Å². The van der Waals surface area contributed by atoms with E-state index in [0.717, 1.165) is 65.2 Å². The lowest BCUT2D eigenvalue weighted by molar-refractivity contribution is -0.117. The number of likely N-dealkylation sites (N-methyl/N-ethyl adjacent to an activating group) is 1. The van der Waals surface area contributed by atoms with Crippen molar-refractivity contribution in [1.82, 2.24) is 24.8 Å². The van der Waals surface area contributed by atoms with Crippen molar-refractivity contribution in [2.24, 2.45) is 5.92 Å². The van der Waals surface area contributed by atoms with Gasteiger partial charge in [0.15, 0.2) is 10.3 Å². The molecule has 2 aromatic heterocycles. The first-order valence-corrected chi connectivity index (χ1v) is 14.3. The lowest BCUT2D eigenvalue weighted by atomic mass is 10.2. The summed E-state index contributed by atoms with van der Waals surface area (Å²) in [5.74, 6) is 1.41. The number of carbonyl (C=O) groups excluding carboxylic acids is 1. The molecule has 2 aliphatic rings. The van der Waals surface area contributed by atoms with Crippen molar-refractivity contribution >= 4 is 51.7 Å². The Morgan fingerprint density at radius 1 is 0.974 bits per heavy atom. The van der Waals surface area contributed by atoms with Gasteiger partial charge in [0.25, 0.3) is 0 Å². The normalized spacial score (nSPS) is 15.9. The number of thiazole rings is 1. The molecule has 1 saturated heterocycles. The number of amides is 1. The van der Waals surface area contributed by atoms with Gasteiger partial charge in [-0.2, -0.15) is 15.0 Å². The number of rotatable bonds is 8. The molecule has 9 nitrogen and oxygen atoms in total. The highest BCUT2D eigenvalue weighted by Gasteiger charge is 2.29. The minimum Gasteiger partial charge on any atom is -0.338 e. The summed E-state index contributed by atoms with van der Waals surface area (Å²) in [7, 11) is 2.13. The van der Waals surface area contributed by atoms with E-state index < -0.39 is 0 Å². The van der Waals surface area contributed by atoms with Gasteiger partial charge >= 0.3 is 0 Å². The molecular formula is C27H28N8OS2. The number of anilines is 4. The zero-order valence-corrected chi connectivity index (χ0v) is 22.6. The van der Waals surface area contributed by atoms with Crippen LogP contribution >= 0.6 is 23.1 Å². The molecule has 0 unspecified atom stereocenters. The maximum Gasteiger partial charge on any atom is 0.234 e. The van der Waals surface area contributed by atoms with Gasteiger partial charge in [-0.3, -0.25) is 10.1 Å². The minimum atomic E-state index is 0.105. The number of aromatic nitrogens is 4. The minimum absolute atomic E-state index is 0.105. The fourth-order valence-electron chi connectivity index (χ4n) is 4.06. The van der Waals surface area contributed by atoms with E-state index in [2.05, 4.69) is 44.6 Å². The number of benzene rings is 2. The molecule has 1 aliphatic heterocycles. The molecule has 0 radical (unpaired) electrons. The maximum atomic E-state index is 12.1. The molecule has 11 heteroatoms. The second-order valence-corrected chi connectivity index (χ2v) is 11.5. The van der Waals surface area contributed by atoms with Gasteiger partial charge in [-0.25, -0.2) is 4.98 Å². The van der Waals surface area contributed by atoms with Crippen molar-refractivity contribution in [3.05, 3.63) is 60.8 Å². The largest absolute Gasteiger partial charge is 0.338 e. The number of hydrogen-bond acceptors (Lipinski definition) is 10. The van der Waals surface area contributed by atoms with Crippen molar-refractivity contribution < 1.29 is 4.79 Å². The second-order valence-electron chi connectivity index (χ2n) is 9.44. The van der Waals surface area contributed by atoms with Crippen molar-refractivity contribution in [3.8, 4) is 10.4 Å². The molecule has 0 bridgehead atoms. The SMILES string of the molecule is CN1CCN(c2nc(Nc3ncc(-c4ccccc4)s3)nc(Sc3ccc(NC(=O)C4CC4)cc3)n2)CC1. The molecule has 0 spiro atoms. The summed E-state index contributed by atoms with van der Waals surface area (Å²) in [6.07, 6.45) is 3.84. The number of piperazine rings is 1. The van der Waals surface area contributed by atoms with Crippen LogP contribution in [0.3, 0.4) is 0 Å². The Morgan fingerprint density at radius 2 is 1.74 bits per heavy atom. The molecule has 194 valence electrons. The zero-order chi connectivity index (χ0) is 25.9. The Bertz CT molecular complexity index is 1400. The standard InChI is InChI=1S/C27H28N8OS2/c1-34-13-15-35(16-14-34)25-30-24(31-26-28-17-22(38-26)18-5-3-2-4-6-18)32-27(33-25)37-21-11-9-20(10-12-21)29-23(36)19-7-8-19/h2-6,9-12,17,19H,7-8,13-16H2,1H3,(H,29,36)(H,28,30,31,32,33). The molecule has 2 fully saturated rings. The van der Waals surface area contributed by atoms with Gasteiger partial charge in [0.05, 0.1) is 4.88 Å². The van der Waals surface area contributed by atoms with Crippen molar-refractivity contribution in [1.29, 1.82) is 0 Å². The van der Waals surface area contributed by atoms with Crippen LogP contribution in [0.15, 0.2) is 70.8 Å². The van der Waals surface area contributed by atoms with E-state index in [1.165, 1.54) is 11.8 Å². The summed E-state index contributed by atoms with van der Waals surface area (Å²) < 4.78 is 0. The van der Waals surface area contributed by atoms with Gasteiger partial charge in [0.1, 0.15) is 0 Å². The molecule has 6 rings (SSSR count). The maximum absolute atomic E-state index is 12.1. The van der Waals surface area contributed by atoms with Crippen LogP contribution < -0.4 is 15.5 Å². The number of nitrogens with one attached hydrogen (secondary N) is 2. The van der Waals surface area contributed by atoms with Crippen LogP contribution in [0.5, 0.6) is 0 Å². The summed E-state index contributed by atoms with van der Waals surface area (Å²) in [6.45, 7) is 3.62. The zero-order valence-electron chi connectivity index (χ0n) is 21.0.